The second-order valence-corrected chi connectivity index (χ2v) is 25.8. The van der Waals surface area contributed by atoms with Crippen molar-refractivity contribution in [2.45, 2.75) is 135 Å². The number of fused-ring (bicyclic) bond motifs is 10. The van der Waals surface area contributed by atoms with Crippen molar-refractivity contribution < 1.29 is 214 Å². The van der Waals surface area contributed by atoms with Gasteiger partial charge in [0.25, 0.3) is 6.47 Å². The number of thiophene rings is 4. The summed E-state index contributed by atoms with van der Waals surface area (Å²) < 4.78 is 24.2. The number of nitrogens with zero attached hydrogens (tertiary/aromatic N) is 2. The number of piperidine rings is 2. The first-order valence-corrected chi connectivity index (χ1v) is 29.5. The number of aryl methyl sites for hydroxylation is 1. The molecule has 13 nitrogen and oxygen atoms in total. The molecule has 76 heavy (non-hydrogen) atoms. The zero-order valence-corrected chi connectivity index (χ0v) is 62.7. The van der Waals surface area contributed by atoms with Crippen LogP contribution in [-0.4, -0.2) is 126 Å². The van der Waals surface area contributed by atoms with Gasteiger partial charge in [0.2, 0.25) is 11.2 Å². The molecular weight excluding hydrogens is 1370 g/mol. The Balaban J connectivity index is 0.000000204. The molecule has 21 heteroatoms. The molecule has 6 aliphatic rings. The number of rotatable bonds is 11. The van der Waals surface area contributed by atoms with Crippen molar-refractivity contribution in [2.75, 3.05) is 27.4 Å². The molecule has 2 N–H and O–H groups in total. The predicted molar refractivity (Wildman–Crippen MR) is 284 cm³/mol. The van der Waals surface area contributed by atoms with Crippen molar-refractivity contribution >= 4 is 74.7 Å². The first kappa shape index (κ1) is 65.5. The Bertz CT molecular complexity index is 2750. The summed E-state index contributed by atoms with van der Waals surface area (Å²) >= 11 is 5.48. The molecule has 0 radical (unpaired) electrons. The van der Waals surface area contributed by atoms with E-state index in [1.807, 2.05) is 45.8 Å². The normalized spacial score (nSPS) is 26.1. The van der Waals surface area contributed by atoms with Crippen LogP contribution in [0.4, 0.5) is 0 Å². The number of halogens is 1. The number of hydrogen-bond acceptors (Lipinski definition) is 16. The number of benzene rings is 2. The summed E-state index contributed by atoms with van der Waals surface area (Å²) in [5.74, 6) is -1.13. The van der Waals surface area contributed by atoms with Crippen molar-refractivity contribution in [3.8, 4) is 0 Å². The average molecular weight is 1440 g/mol. The minimum atomic E-state index is -1.72. The number of quaternary nitrogens is 1. The number of morpholine rings is 2. The van der Waals surface area contributed by atoms with Gasteiger partial charge in [-0.05, 0) is 115 Å². The quantitative estimate of drug-likeness (QED) is 0.0300. The molecule has 6 saturated heterocycles. The molecule has 12 rings (SSSR count). The third-order valence-electron chi connectivity index (χ3n) is 16.0. The van der Waals surface area contributed by atoms with E-state index < -0.39 is 23.1 Å². The molecule has 6 fully saturated rings. The zero-order valence-electron chi connectivity index (χ0n) is 45.5. The van der Waals surface area contributed by atoms with Crippen molar-refractivity contribution in [3.05, 3.63) is 148 Å². The van der Waals surface area contributed by atoms with Crippen LogP contribution in [0.15, 0.2) is 116 Å². The summed E-state index contributed by atoms with van der Waals surface area (Å²) in [7, 11) is 6.78. The molecule has 6 aliphatic heterocycles. The summed E-state index contributed by atoms with van der Waals surface area (Å²) in [6.45, 7) is 8.75. The molecule has 9 unspecified atom stereocenters. The van der Waals surface area contributed by atoms with E-state index in [0.29, 0.717) is 68.1 Å². The van der Waals surface area contributed by atoms with E-state index >= 15 is 0 Å². The van der Waals surface area contributed by atoms with Crippen molar-refractivity contribution in [2.24, 2.45) is 0 Å². The molecule has 4 bridgehead atoms. The van der Waals surface area contributed by atoms with Crippen molar-refractivity contribution in [1.82, 2.24) is 4.90 Å². The first-order chi connectivity index (χ1) is 34.9. The Morgan fingerprint density at radius 3 is 1.46 bits per heavy atom. The molecule has 9 atom stereocenters. The standard InChI is InChI=1S/C19H22NO4S2.C18H19NO4S2.C17H21S.CH2O3.BrH.2Cs.H/c1-20(2)12-9-11(10-13(20)17-16(12)24-17)23-18(21)19(22,14-5-3-7-25-14)15-6-4-8-26-15;1-19-11-8-10(9-12(19)16-15(11)23-16)22-17(20)18(21,13-4-2-6-24-13)14-5-3-7-25-14;1-12-11-17(15(4)14(3)13(12)2)18(5)16-9-7-6-8-10-16;2-1-4-3;;;;/h3-8,11-13,16-17,22H,9-10H2,1-2H3;2-7,10-12,15-16,21H,8-9H2,1H3;6-11H,1-5H3;1,3H;1H;;;/q+1;;+1;;;2*+1;-1/p-2. The van der Waals surface area contributed by atoms with E-state index in [4.69, 9.17) is 29.0 Å². The predicted octanol–water partition coefficient (Wildman–Crippen LogP) is -1.31. The molecular formula is C55H64BrCs2N2O11S5+. The Morgan fingerprint density at radius 1 is 0.684 bits per heavy atom. The molecule has 6 aromatic rings. The number of esters is 2. The van der Waals surface area contributed by atoms with Gasteiger partial charge in [-0.1, -0.05) is 42.5 Å². The van der Waals surface area contributed by atoms with Crippen LogP contribution in [-0.2, 0) is 60.3 Å². The van der Waals surface area contributed by atoms with Gasteiger partial charge in [0.15, 0.2) is 9.79 Å². The first-order valence-electron chi connectivity index (χ1n) is 24.3. The van der Waals surface area contributed by atoms with Crippen LogP contribution in [0.5, 0.6) is 0 Å². The summed E-state index contributed by atoms with van der Waals surface area (Å²) in [5.41, 5.74) is 2.30. The Hall–Kier alpha value is 0.304. The summed E-state index contributed by atoms with van der Waals surface area (Å²) in [5, 5.41) is 38.6. The van der Waals surface area contributed by atoms with Crippen LogP contribution in [0.3, 0.4) is 0 Å². The van der Waals surface area contributed by atoms with Crippen LogP contribution in [0.25, 0.3) is 0 Å². The van der Waals surface area contributed by atoms with Gasteiger partial charge in [0.05, 0.1) is 44.5 Å². The maximum absolute atomic E-state index is 13.1. The van der Waals surface area contributed by atoms with Crippen LogP contribution in [0, 0.1) is 27.7 Å². The maximum Gasteiger partial charge on any atom is 1.00 e. The SMILES string of the molecule is CN1C2CC(OC(=O)C(O)(c3cccs3)c3cccs3)CC1C1OC12.C[N+]1(C)C2CC(OC(=O)C(O)(c3cccs3)c3cccs3)CC1C1OC12.Cc1cc([S+](C)c2ccccc2)c(C)c(C)c1C.O=CO[O-].[Br-].[Cs+].[Cs+].[H-]. The fourth-order valence-corrected chi connectivity index (χ4v) is 16.6. The van der Waals surface area contributed by atoms with Gasteiger partial charge in [-0.25, -0.2) is 9.59 Å². The van der Waals surface area contributed by atoms with E-state index in [1.54, 1.807) is 24.3 Å². The third-order valence-corrected chi connectivity index (χ3v) is 21.9. The minimum absolute atomic E-state index is 0. The van der Waals surface area contributed by atoms with Crippen molar-refractivity contribution in [3.63, 3.8) is 0 Å². The Labute approximate surface area is 594 Å². The van der Waals surface area contributed by atoms with Gasteiger partial charge in [0.1, 0.15) is 55.0 Å². The number of epoxide rings is 2. The molecule has 2 aromatic carbocycles. The fourth-order valence-electron chi connectivity index (χ4n) is 11.4. The number of carbonyl (C=O) groups is 3. The van der Waals surface area contributed by atoms with Crippen molar-refractivity contribution in [1.29, 1.82) is 0 Å². The molecule has 0 spiro atoms. The van der Waals surface area contributed by atoms with Crippen LogP contribution in [0.2, 0.25) is 0 Å². The molecule has 0 saturated carbocycles. The average Bonchev–Trinajstić information content (AvgIpc) is 3.83. The molecule has 0 amide bonds. The third kappa shape index (κ3) is 13.3. The van der Waals surface area contributed by atoms with E-state index in [0.717, 1.165) is 30.2 Å². The van der Waals surface area contributed by atoms with Gasteiger partial charge in [-0.15, -0.1) is 45.3 Å². The van der Waals surface area contributed by atoms with Gasteiger partial charge < -0.3 is 62.2 Å². The number of aliphatic hydroxyl groups is 2. The summed E-state index contributed by atoms with van der Waals surface area (Å²) in [6, 6.07) is 29.1. The molecule has 0 aliphatic carbocycles. The van der Waals surface area contributed by atoms with Gasteiger partial charge in [-0.3, -0.25) is 9.69 Å². The van der Waals surface area contributed by atoms with E-state index in [1.165, 1.54) is 77.4 Å². The molecule has 4 aromatic heterocycles. The van der Waals surface area contributed by atoms with Crippen LogP contribution in [0.1, 0.15) is 68.9 Å². The number of likely N-dealkylation sites (N-methyl/N-ethyl adjacent to an activating group) is 2. The number of hydrogen-bond donors (Lipinski definition) is 2. The monoisotopic (exact) mass is 1430 g/mol. The summed E-state index contributed by atoms with van der Waals surface area (Å²) in [4.78, 5) is 45.1. The second-order valence-electron chi connectivity index (χ2n) is 20.1. The fraction of sp³-hybridized carbons (Fsp3) is 0.436. The smallest absolute Gasteiger partial charge is 1.00 e. The van der Waals surface area contributed by atoms with Gasteiger partial charge >= 0.3 is 150 Å². The summed E-state index contributed by atoms with van der Waals surface area (Å²) in [6.07, 6.45) is 6.34. The second kappa shape index (κ2) is 27.8. The minimum Gasteiger partial charge on any atom is -1.00 e. The van der Waals surface area contributed by atoms with E-state index in [-0.39, 0.29) is 186 Å². The zero-order chi connectivity index (χ0) is 52.0. The van der Waals surface area contributed by atoms with Crippen LogP contribution >= 0.6 is 45.3 Å². The Kier molecular flexibility index (Phi) is 23.9. The van der Waals surface area contributed by atoms with Gasteiger partial charge in [0, 0.05) is 43.3 Å². The largest absolute Gasteiger partial charge is 1.00 e. The van der Waals surface area contributed by atoms with E-state index in [2.05, 4.69) is 101 Å². The van der Waals surface area contributed by atoms with E-state index in [9.17, 15) is 19.8 Å². The maximum atomic E-state index is 13.1. The number of ether oxygens (including phenoxy) is 4. The molecule has 398 valence electrons. The molecule has 10 heterocycles. The topological polar surface area (TPSA) is 171 Å². The Morgan fingerprint density at radius 2 is 1.08 bits per heavy atom. The van der Waals surface area contributed by atoms with Crippen LogP contribution < -0.4 is 160 Å². The number of carbonyl (C=O) groups excluding carboxylic acids is 3. The van der Waals surface area contributed by atoms with Gasteiger partial charge in [-0.2, -0.15) is 0 Å².